The van der Waals surface area contributed by atoms with Crippen molar-refractivity contribution in [2.45, 2.75) is 18.9 Å². The van der Waals surface area contributed by atoms with Crippen molar-refractivity contribution in [2.75, 3.05) is 10.3 Å². The van der Waals surface area contributed by atoms with Gasteiger partial charge in [0.15, 0.2) is 0 Å². The first-order valence-electron chi connectivity index (χ1n) is 9.26. The molecule has 0 bridgehead atoms. The number of anilines is 2. The van der Waals surface area contributed by atoms with E-state index < -0.39 is 5.92 Å². The molecule has 1 heterocycles. The third-order valence-electron chi connectivity index (χ3n) is 4.81. The molecule has 0 aliphatic carbocycles. The molecule has 3 aromatic carbocycles. The maximum atomic E-state index is 13.1. The van der Waals surface area contributed by atoms with E-state index in [0.29, 0.717) is 12.2 Å². The second kappa shape index (κ2) is 7.96. The van der Waals surface area contributed by atoms with E-state index in [-0.39, 0.29) is 18.2 Å². The third kappa shape index (κ3) is 3.88. The highest BCUT2D eigenvalue weighted by Crippen LogP contribution is 2.32. The molecule has 2 amide bonds. The average molecular weight is 371 g/mol. The largest absolute Gasteiger partial charge is 0.326 e. The maximum absolute atomic E-state index is 13.1. The highest BCUT2D eigenvalue weighted by molar-refractivity contribution is 6.01. The van der Waals surface area contributed by atoms with Gasteiger partial charge in [-0.15, -0.1) is 0 Å². The third-order valence-corrected chi connectivity index (χ3v) is 4.81. The number of nitrogens with zero attached hydrogens (tertiary/aromatic N) is 1. The van der Waals surface area contributed by atoms with Crippen LogP contribution < -0.4 is 15.8 Å². The molecule has 28 heavy (non-hydrogen) atoms. The Hall–Kier alpha value is -3.60. The fourth-order valence-corrected chi connectivity index (χ4v) is 3.43. The molecule has 1 atom stereocenters. The fourth-order valence-electron chi connectivity index (χ4n) is 3.43. The molecule has 0 aromatic heterocycles. The van der Waals surface area contributed by atoms with Gasteiger partial charge >= 0.3 is 0 Å². The number of hydrogen-bond donors (Lipinski definition) is 2. The zero-order valence-corrected chi connectivity index (χ0v) is 15.3. The monoisotopic (exact) mass is 371 g/mol. The summed E-state index contributed by atoms with van der Waals surface area (Å²) in [4.78, 5) is 25.2. The van der Waals surface area contributed by atoms with Gasteiger partial charge in [-0.3, -0.25) is 20.0 Å². The minimum Gasteiger partial charge on any atom is -0.326 e. The number of hydrazine groups is 1. The van der Waals surface area contributed by atoms with Crippen LogP contribution in [0.5, 0.6) is 0 Å². The first kappa shape index (κ1) is 17.8. The SMILES string of the molecule is O=C1CC(C(=O)NN(Cc2ccccc2)c2ccccc2)c2ccccc2N1. The minimum atomic E-state index is -0.521. The van der Waals surface area contributed by atoms with Crippen molar-refractivity contribution < 1.29 is 9.59 Å². The summed E-state index contributed by atoms with van der Waals surface area (Å²) in [6, 6.07) is 27.1. The molecular formula is C23H21N3O2. The standard InChI is InChI=1S/C23H21N3O2/c27-22-15-20(19-13-7-8-14-21(19)24-22)23(28)25-26(18-11-5-2-6-12-18)16-17-9-3-1-4-10-17/h1-14,20H,15-16H2,(H,24,27)(H,25,28). The average Bonchev–Trinajstić information content (AvgIpc) is 2.74. The number of fused-ring (bicyclic) bond motifs is 1. The lowest BCUT2D eigenvalue weighted by atomic mass is 9.90. The lowest BCUT2D eigenvalue weighted by molar-refractivity contribution is -0.126. The second-order valence-electron chi connectivity index (χ2n) is 6.78. The summed E-state index contributed by atoms with van der Waals surface area (Å²) in [5.74, 6) is -0.859. The second-order valence-corrected chi connectivity index (χ2v) is 6.78. The molecule has 140 valence electrons. The molecule has 1 aliphatic rings. The van der Waals surface area contributed by atoms with Gasteiger partial charge in [-0.1, -0.05) is 66.7 Å². The van der Waals surface area contributed by atoms with Crippen LogP contribution in [0.1, 0.15) is 23.5 Å². The van der Waals surface area contributed by atoms with Crippen molar-refractivity contribution in [3.63, 3.8) is 0 Å². The van der Waals surface area contributed by atoms with Crippen LogP contribution in [0.4, 0.5) is 11.4 Å². The molecule has 0 saturated heterocycles. The number of benzene rings is 3. The fraction of sp³-hybridized carbons (Fsp3) is 0.130. The van der Waals surface area contributed by atoms with E-state index >= 15 is 0 Å². The Kier molecular flexibility index (Phi) is 5.06. The molecule has 4 rings (SSSR count). The van der Waals surface area contributed by atoms with Gasteiger partial charge in [0, 0.05) is 12.1 Å². The summed E-state index contributed by atoms with van der Waals surface area (Å²) in [5.41, 5.74) is 6.53. The molecule has 5 nitrogen and oxygen atoms in total. The molecule has 5 heteroatoms. The molecule has 3 aromatic rings. The smallest absolute Gasteiger partial charge is 0.246 e. The van der Waals surface area contributed by atoms with E-state index in [9.17, 15) is 9.59 Å². The van der Waals surface area contributed by atoms with E-state index in [2.05, 4.69) is 10.7 Å². The molecule has 1 aliphatic heterocycles. The van der Waals surface area contributed by atoms with E-state index in [1.165, 1.54) is 0 Å². The zero-order valence-electron chi connectivity index (χ0n) is 15.3. The van der Waals surface area contributed by atoms with E-state index in [4.69, 9.17) is 0 Å². The molecule has 0 fully saturated rings. The molecular weight excluding hydrogens is 350 g/mol. The van der Waals surface area contributed by atoms with Crippen LogP contribution in [0, 0.1) is 0 Å². The van der Waals surface area contributed by atoms with Gasteiger partial charge in [0.2, 0.25) is 11.8 Å². The Morgan fingerprint density at radius 3 is 2.32 bits per heavy atom. The van der Waals surface area contributed by atoms with Gasteiger partial charge in [0.25, 0.3) is 0 Å². The number of amides is 2. The first-order valence-corrected chi connectivity index (χ1v) is 9.26. The number of hydrogen-bond acceptors (Lipinski definition) is 3. The topological polar surface area (TPSA) is 61.4 Å². The molecule has 1 unspecified atom stereocenters. The van der Waals surface area contributed by atoms with Crippen molar-refractivity contribution in [2.24, 2.45) is 0 Å². The van der Waals surface area contributed by atoms with E-state index in [0.717, 1.165) is 16.8 Å². The van der Waals surface area contributed by atoms with Crippen molar-refractivity contribution in [1.29, 1.82) is 0 Å². The van der Waals surface area contributed by atoms with Crippen LogP contribution in [0.15, 0.2) is 84.9 Å². The summed E-state index contributed by atoms with van der Waals surface area (Å²) in [7, 11) is 0. The van der Waals surface area contributed by atoms with Gasteiger partial charge in [0.05, 0.1) is 18.2 Å². The Labute approximate surface area is 164 Å². The Balaban J connectivity index is 1.60. The Bertz CT molecular complexity index is 973. The number of para-hydroxylation sites is 2. The van der Waals surface area contributed by atoms with Gasteiger partial charge in [0.1, 0.15) is 0 Å². The van der Waals surface area contributed by atoms with Crippen molar-refractivity contribution in [3.05, 3.63) is 96.1 Å². The van der Waals surface area contributed by atoms with Crippen molar-refractivity contribution >= 4 is 23.2 Å². The number of nitrogens with one attached hydrogen (secondary N) is 2. The highest BCUT2D eigenvalue weighted by Gasteiger charge is 2.31. The van der Waals surface area contributed by atoms with Gasteiger partial charge in [-0.05, 0) is 29.3 Å². The summed E-state index contributed by atoms with van der Waals surface area (Å²) in [6.45, 7) is 0.525. The first-order chi connectivity index (χ1) is 13.7. The van der Waals surface area contributed by atoms with Gasteiger partial charge in [-0.25, -0.2) is 0 Å². The van der Waals surface area contributed by atoms with Crippen LogP contribution >= 0.6 is 0 Å². The lowest BCUT2D eigenvalue weighted by Crippen LogP contribution is -2.45. The summed E-state index contributed by atoms with van der Waals surface area (Å²) < 4.78 is 0. The van der Waals surface area contributed by atoms with Crippen LogP contribution in [0.3, 0.4) is 0 Å². The quantitative estimate of drug-likeness (QED) is 0.670. The highest BCUT2D eigenvalue weighted by atomic mass is 16.2. The van der Waals surface area contributed by atoms with Crippen LogP contribution in [0.25, 0.3) is 0 Å². The molecule has 0 spiro atoms. The minimum absolute atomic E-state index is 0.136. The number of carbonyl (C=O) groups is 2. The molecule has 2 N–H and O–H groups in total. The Morgan fingerprint density at radius 1 is 0.929 bits per heavy atom. The number of carbonyl (C=O) groups excluding carboxylic acids is 2. The molecule has 0 saturated carbocycles. The van der Waals surface area contributed by atoms with Gasteiger partial charge in [-0.2, -0.15) is 0 Å². The van der Waals surface area contributed by atoms with Gasteiger partial charge < -0.3 is 5.32 Å². The summed E-state index contributed by atoms with van der Waals surface area (Å²) >= 11 is 0. The maximum Gasteiger partial charge on any atom is 0.246 e. The van der Waals surface area contributed by atoms with Crippen LogP contribution in [-0.4, -0.2) is 11.8 Å². The lowest BCUT2D eigenvalue weighted by Gasteiger charge is -2.30. The predicted octanol–water partition coefficient (Wildman–Crippen LogP) is 3.85. The normalized spacial score (nSPS) is 15.3. The van der Waals surface area contributed by atoms with Crippen LogP contribution in [-0.2, 0) is 16.1 Å². The molecule has 0 radical (unpaired) electrons. The number of rotatable bonds is 5. The van der Waals surface area contributed by atoms with Crippen molar-refractivity contribution in [3.8, 4) is 0 Å². The summed E-state index contributed by atoms with van der Waals surface area (Å²) in [5, 5.41) is 4.66. The van der Waals surface area contributed by atoms with Crippen LogP contribution in [0.2, 0.25) is 0 Å². The van der Waals surface area contributed by atoms with E-state index in [1.54, 1.807) is 0 Å². The van der Waals surface area contributed by atoms with Crippen molar-refractivity contribution in [1.82, 2.24) is 5.43 Å². The van der Waals surface area contributed by atoms with E-state index in [1.807, 2.05) is 89.9 Å². The zero-order chi connectivity index (χ0) is 19.3. The summed E-state index contributed by atoms with van der Waals surface area (Å²) in [6.07, 6.45) is 0.136. The Morgan fingerprint density at radius 2 is 1.57 bits per heavy atom. The predicted molar refractivity (Wildman–Crippen MR) is 110 cm³/mol.